The predicted molar refractivity (Wildman–Crippen MR) is 229 cm³/mol. The SMILES string of the molecule is C[C@@H]1CC[C@@H](C(C)(C)c2ccccc2)[C@H](OC(=O)[C@@H]2C=C[C@@]3(C(=O)O[C@@H]4C[C@H](C)CC[C@H]4C(C)(C)c4ccccc4)c4c(cccc42)C[C@]3(C)c2ccccc2)C1. The highest BCUT2D eigenvalue weighted by Gasteiger charge is 2.63. The zero-order chi connectivity index (χ0) is 40.2. The molecule has 0 radical (unpaired) electrons. The minimum atomic E-state index is -1.11. The Morgan fingerprint density at radius 1 is 0.632 bits per heavy atom. The van der Waals surface area contributed by atoms with E-state index in [9.17, 15) is 4.79 Å². The molecule has 57 heavy (non-hydrogen) atoms. The number of hydrogen-bond donors (Lipinski definition) is 0. The maximum atomic E-state index is 15.6. The van der Waals surface area contributed by atoms with Crippen LogP contribution in [0.1, 0.15) is 126 Å². The van der Waals surface area contributed by atoms with Crippen LogP contribution < -0.4 is 0 Å². The first-order valence-corrected chi connectivity index (χ1v) is 21.7. The molecule has 4 aromatic carbocycles. The maximum absolute atomic E-state index is 15.6. The van der Waals surface area contributed by atoms with E-state index in [-0.39, 0.29) is 46.8 Å². The molecule has 2 saturated carbocycles. The van der Waals surface area contributed by atoms with Gasteiger partial charge in [0, 0.05) is 17.3 Å². The van der Waals surface area contributed by atoms with Gasteiger partial charge in [0.2, 0.25) is 0 Å². The third kappa shape index (κ3) is 6.69. The molecular formula is C53H62O4. The lowest BCUT2D eigenvalue weighted by molar-refractivity contribution is -0.165. The van der Waals surface area contributed by atoms with Gasteiger partial charge in [-0.05, 0) is 88.2 Å². The standard InChI is InChI=1S/C53H62O4/c1-35-26-28-43(50(3,4)38-19-11-8-12-20-38)45(32-35)56-48(54)42-30-31-53(47-37(18-17-25-41(42)47)34-52(53,7)40-23-15-10-16-24-40)49(55)57-46-33-36(2)27-29-44(46)51(5,6)39-21-13-9-14-22-39/h8-25,30-31,35-36,42-46H,26-29,32-34H2,1-7H3/t35-,36-,42-,43-,44-,45-,46-,52-,53+/m1/s1. The molecule has 298 valence electrons. The molecule has 4 heteroatoms. The molecule has 8 rings (SSSR count). The molecule has 9 atom stereocenters. The van der Waals surface area contributed by atoms with Crippen molar-refractivity contribution < 1.29 is 19.1 Å². The summed E-state index contributed by atoms with van der Waals surface area (Å²) >= 11 is 0. The number of rotatable bonds is 9. The second-order valence-corrected chi connectivity index (χ2v) is 19.5. The molecule has 0 spiro atoms. The number of esters is 2. The van der Waals surface area contributed by atoms with E-state index in [4.69, 9.17) is 9.47 Å². The Morgan fingerprint density at radius 3 is 1.68 bits per heavy atom. The lowest BCUT2D eigenvalue weighted by Crippen LogP contribution is -2.54. The smallest absolute Gasteiger partial charge is 0.321 e. The van der Waals surface area contributed by atoms with Crippen molar-refractivity contribution in [2.24, 2.45) is 23.7 Å². The van der Waals surface area contributed by atoms with Gasteiger partial charge in [0.25, 0.3) is 0 Å². The average molecular weight is 763 g/mol. The fourth-order valence-corrected chi connectivity index (χ4v) is 11.8. The van der Waals surface area contributed by atoms with Gasteiger partial charge in [-0.3, -0.25) is 9.59 Å². The molecule has 0 heterocycles. The molecule has 0 amide bonds. The summed E-state index contributed by atoms with van der Waals surface area (Å²) in [5.41, 5.74) is 4.45. The zero-order valence-electron chi connectivity index (χ0n) is 35.2. The molecule has 4 aliphatic rings. The van der Waals surface area contributed by atoms with E-state index in [2.05, 4.69) is 158 Å². The first kappa shape index (κ1) is 39.4. The van der Waals surface area contributed by atoms with Crippen LogP contribution in [-0.2, 0) is 47.1 Å². The van der Waals surface area contributed by atoms with Crippen LogP contribution in [-0.4, -0.2) is 24.1 Å². The van der Waals surface area contributed by atoms with Crippen molar-refractivity contribution in [2.45, 2.75) is 133 Å². The van der Waals surface area contributed by atoms with E-state index in [1.54, 1.807) is 0 Å². The fourth-order valence-electron chi connectivity index (χ4n) is 11.8. The topological polar surface area (TPSA) is 52.6 Å². The number of ether oxygens (including phenoxy) is 2. The number of carbonyl (C=O) groups excluding carboxylic acids is 2. The van der Waals surface area contributed by atoms with Crippen molar-refractivity contribution >= 4 is 11.9 Å². The lowest BCUT2D eigenvalue weighted by Gasteiger charge is -2.48. The van der Waals surface area contributed by atoms with Gasteiger partial charge in [0.05, 0.1) is 0 Å². The minimum Gasteiger partial charge on any atom is -0.461 e. The van der Waals surface area contributed by atoms with Gasteiger partial charge >= 0.3 is 11.9 Å². The van der Waals surface area contributed by atoms with E-state index in [0.29, 0.717) is 18.3 Å². The average Bonchev–Trinajstić information content (AvgIpc) is 3.49. The summed E-state index contributed by atoms with van der Waals surface area (Å²) < 4.78 is 13.8. The summed E-state index contributed by atoms with van der Waals surface area (Å²) in [6.07, 6.45) is 10.2. The van der Waals surface area contributed by atoms with E-state index in [0.717, 1.165) is 60.8 Å². The van der Waals surface area contributed by atoms with Crippen molar-refractivity contribution in [3.8, 4) is 0 Å². The van der Waals surface area contributed by atoms with Crippen LogP contribution in [0.3, 0.4) is 0 Å². The third-order valence-corrected chi connectivity index (χ3v) is 15.4. The highest BCUT2D eigenvalue weighted by atomic mass is 16.5. The van der Waals surface area contributed by atoms with E-state index < -0.39 is 16.7 Å². The van der Waals surface area contributed by atoms with Crippen molar-refractivity contribution in [1.82, 2.24) is 0 Å². The number of benzene rings is 4. The van der Waals surface area contributed by atoms with E-state index in [1.165, 1.54) is 11.1 Å². The van der Waals surface area contributed by atoms with E-state index in [1.807, 2.05) is 12.1 Å². The fraction of sp³-hybridized carbons (Fsp3) is 0.472. The van der Waals surface area contributed by atoms with Gasteiger partial charge in [-0.1, -0.05) is 183 Å². The molecule has 0 bridgehead atoms. The van der Waals surface area contributed by atoms with Gasteiger partial charge in [-0.2, -0.15) is 0 Å². The summed E-state index contributed by atoms with van der Waals surface area (Å²) in [7, 11) is 0. The number of hydrogen-bond acceptors (Lipinski definition) is 4. The Balaban J connectivity index is 1.17. The van der Waals surface area contributed by atoms with Gasteiger partial charge in [0.1, 0.15) is 23.5 Å². The molecule has 0 N–H and O–H groups in total. The molecule has 0 saturated heterocycles. The molecule has 2 fully saturated rings. The summed E-state index contributed by atoms with van der Waals surface area (Å²) in [6, 6.07) is 38.1. The van der Waals surface area contributed by atoms with Crippen molar-refractivity contribution in [3.63, 3.8) is 0 Å². The van der Waals surface area contributed by atoms with E-state index >= 15 is 4.79 Å². The molecular weight excluding hydrogens is 701 g/mol. The van der Waals surface area contributed by atoms with Crippen LogP contribution in [0.5, 0.6) is 0 Å². The maximum Gasteiger partial charge on any atom is 0.321 e. The van der Waals surface area contributed by atoms with Gasteiger partial charge in [-0.15, -0.1) is 0 Å². The zero-order valence-corrected chi connectivity index (χ0v) is 35.2. The largest absolute Gasteiger partial charge is 0.461 e. The van der Waals surface area contributed by atoms with Crippen LogP contribution in [0.25, 0.3) is 0 Å². The van der Waals surface area contributed by atoms with Crippen LogP contribution in [0.15, 0.2) is 121 Å². The second-order valence-electron chi connectivity index (χ2n) is 19.5. The second kappa shape index (κ2) is 15.1. The first-order valence-electron chi connectivity index (χ1n) is 21.7. The first-order chi connectivity index (χ1) is 27.3. The van der Waals surface area contributed by atoms with Crippen LogP contribution in [0.4, 0.5) is 0 Å². The third-order valence-electron chi connectivity index (χ3n) is 15.4. The highest BCUT2D eigenvalue weighted by Crippen LogP contribution is 2.60. The summed E-state index contributed by atoms with van der Waals surface area (Å²) in [5, 5.41) is 0. The molecule has 4 nitrogen and oxygen atoms in total. The molecule has 0 aromatic heterocycles. The molecule has 0 aliphatic heterocycles. The van der Waals surface area contributed by atoms with Crippen LogP contribution >= 0.6 is 0 Å². The Kier molecular flexibility index (Phi) is 10.4. The monoisotopic (exact) mass is 762 g/mol. The summed E-state index contributed by atoms with van der Waals surface area (Å²) in [4.78, 5) is 30.4. The van der Waals surface area contributed by atoms with Crippen LogP contribution in [0.2, 0.25) is 0 Å². The van der Waals surface area contributed by atoms with Crippen molar-refractivity contribution in [1.29, 1.82) is 0 Å². The Labute approximate surface area is 341 Å². The molecule has 4 aliphatic carbocycles. The van der Waals surface area contributed by atoms with Gasteiger partial charge < -0.3 is 9.47 Å². The Morgan fingerprint density at radius 2 is 1.14 bits per heavy atom. The number of carbonyl (C=O) groups is 2. The highest BCUT2D eigenvalue weighted by molar-refractivity contribution is 5.95. The molecule has 0 unspecified atom stereocenters. The Hall–Kier alpha value is -4.44. The quantitative estimate of drug-likeness (QED) is 0.126. The summed E-state index contributed by atoms with van der Waals surface area (Å²) in [5.74, 6) is 0.231. The van der Waals surface area contributed by atoms with Gasteiger partial charge in [-0.25, -0.2) is 0 Å². The van der Waals surface area contributed by atoms with Gasteiger partial charge in [0.15, 0.2) is 0 Å². The predicted octanol–water partition coefficient (Wildman–Crippen LogP) is 11.7. The lowest BCUT2D eigenvalue weighted by atomic mass is 9.58. The van der Waals surface area contributed by atoms with Crippen molar-refractivity contribution in [3.05, 3.63) is 155 Å². The minimum absolute atomic E-state index is 0.164. The Bertz CT molecular complexity index is 2100. The van der Waals surface area contributed by atoms with Crippen molar-refractivity contribution in [2.75, 3.05) is 0 Å². The summed E-state index contributed by atoms with van der Waals surface area (Å²) in [6.45, 7) is 16.0. The normalized spacial score (nSPS) is 31.0. The molecule has 4 aromatic rings. The van der Waals surface area contributed by atoms with Crippen LogP contribution in [0, 0.1) is 23.7 Å².